The molecule has 3 aromatic rings. The Bertz CT molecular complexity index is 857. The fraction of sp³-hybridized carbons (Fsp3) is 0.235. The van der Waals surface area contributed by atoms with E-state index in [1.54, 1.807) is 12.1 Å². The molecule has 5 N–H and O–H groups in total. The van der Waals surface area contributed by atoms with Crippen molar-refractivity contribution < 1.29 is 30.3 Å². The third-order valence-corrected chi connectivity index (χ3v) is 3.42. The first kappa shape index (κ1) is 18.7. The van der Waals surface area contributed by atoms with E-state index < -0.39 is 24.9 Å². The number of carbonyl (C=O) groups excluding carboxylic acids is 1. The molecule has 0 bridgehead atoms. The van der Waals surface area contributed by atoms with Gasteiger partial charge in [-0.25, -0.2) is 9.97 Å². The number of rotatable bonds is 4. The van der Waals surface area contributed by atoms with Gasteiger partial charge < -0.3 is 30.3 Å². The van der Waals surface area contributed by atoms with E-state index in [0.717, 1.165) is 11.0 Å². The summed E-state index contributed by atoms with van der Waals surface area (Å²) in [6, 6.07) is 12.8. The molecular weight excluding hydrogens is 328 g/mol. The minimum atomic E-state index is -1.64. The van der Waals surface area contributed by atoms with Crippen LogP contribution < -0.4 is 0 Å². The zero-order valence-electron chi connectivity index (χ0n) is 13.1. The van der Waals surface area contributed by atoms with Crippen molar-refractivity contribution >= 4 is 28.4 Å². The van der Waals surface area contributed by atoms with E-state index in [0.29, 0.717) is 11.0 Å². The molecule has 1 heterocycles. The third kappa shape index (κ3) is 4.46. The van der Waals surface area contributed by atoms with E-state index in [9.17, 15) is 9.90 Å². The number of nitrogens with zero attached hydrogens (tertiary/aromatic N) is 2. The summed E-state index contributed by atoms with van der Waals surface area (Å²) in [5.74, 6) is 0.172. The van der Waals surface area contributed by atoms with Crippen LogP contribution >= 0.6 is 0 Å². The second kappa shape index (κ2) is 8.45. The third-order valence-electron chi connectivity index (χ3n) is 3.42. The van der Waals surface area contributed by atoms with Crippen LogP contribution in [0.5, 0.6) is 5.75 Å². The Labute approximate surface area is 142 Å². The molecule has 2 aromatic carbocycles. The molecular formula is C17H18N2O6. The number of aliphatic hydroxyl groups excluding tert-OH is 4. The molecule has 0 fully saturated rings. The average molecular weight is 346 g/mol. The Kier molecular flexibility index (Phi) is 6.31. The zero-order chi connectivity index (χ0) is 18.4. The summed E-state index contributed by atoms with van der Waals surface area (Å²) in [5, 5.41) is 43.7. The molecule has 0 unspecified atom stereocenters. The summed E-state index contributed by atoms with van der Waals surface area (Å²) in [6.45, 7) is -0.688. The lowest BCUT2D eigenvalue weighted by Crippen LogP contribution is -2.40. The van der Waals surface area contributed by atoms with Gasteiger partial charge in [0.1, 0.15) is 29.6 Å². The SMILES string of the molecule is O=C[C@H](O)[C@H](O)[C@H](O)CO.Oc1cccc2nc3ccccc3nc12. The lowest BCUT2D eigenvalue weighted by atomic mass is 10.1. The molecule has 0 aliphatic rings. The summed E-state index contributed by atoms with van der Waals surface area (Å²) >= 11 is 0. The number of phenolic OH excluding ortho intramolecular Hbond substituents is 1. The van der Waals surface area contributed by atoms with Gasteiger partial charge in [0.2, 0.25) is 0 Å². The van der Waals surface area contributed by atoms with Crippen LogP contribution in [-0.4, -0.2) is 66.7 Å². The highest BCUT2D eigenvalue weighted by Crippen LogP contribution is 2.23. The Morgan fingerprint density at radius 1 is 0.920 bits per heavy atom. The van der Waals surface area contributed by atoms with Crippen molar-refractivity contribution in [2.24, 2.45) is 0 Å². The number of aromatic hydroxyl groups is 1. The Hall–Kier alpha value is -2.65. The number of para-hydroxylation sites is 3. The van der Waals surface area contributed by atoms with Crippen LogP contribution in [0.1, 0.15) is 0 Å². The first-order chi connectivity index (χ1) is 12.0. The van der Waals surface area contributed by atoms with Crippen LogP contribution in [0.3, 0.4) is 0 Å². The maximum absolute atomic E-state index is 9.76. The van der Waals surface area contributed by atoms with Gasteiger partial charge in [-0.2, -0.15) is 0 Å². The fourth-order valence-electron chi connectivity index (χ4n) is 2.04. The van der Waals surface area contributed by atoms with Crippen LogP contribution in [0, 0.1) is 0 Å². The highest BCUT2D eigenvalue weighted by molar-refractivity contribution is 5.89. The second-order valence-electron chi connectivity index (χ2n) is 5.22. The molecule has 0 aliphatic heterocycles. The summed E-state index contributed by atoms with van der Waals surface area (Å²) in [6.07, 6.45) is -4.63. The van der Waals surface area contributed by atoms with Gasteiger partial charge in [0.25, 0.3) is 0 Å². The van der Waals surface area contributed by atoms with E-state index in [2.05, 4.69) is 9.97 Å². The molecule has 1 aromatic heterocycles. The number of carbonyl (C=O) groups is 1. The standard InChI is InChI=1S/C12H8N2O.C5H10O5/c15-11-7-3-6-10-12(11)14-9-5-2-1-4-8(9)13-10;6-1-3(8)5(10)4(9)2-7/h1-7,15H;1,3-5,7-10H,2H2/t;3-,4+,5-/m.0/s1. The van der Waals surface area contributed by atoms with E-state index >= 15 is 0 Å². The molecule has 0 saturated heterocycles. The predicted octanol–water partition coefficient (Wildman–Crippen LogP) is -0.251. The Balaban J connectivity index is 0.000000199. The Morgan fingerprint density at radius 2 is 1.52 bits per heavy atom. The van der Waals surface area contributed by atoms with Crippen molar-refractivity contribution in [3.63, 3.8) is 0 Å². The smallest absolute Gasteiger partial charge is 0.151 e. The van der Waals surface area contributed by atoms with Gasteiger partial charge >= 0.3 is 0 Å². The van der Waals surface area contributed by atoms with E-state index in [1.165, 1.54) is 0 Å². The monoisotopic (exact) mass is 346 g/mol. The van der Waals surface area contributed by atoms with E-state index in [-0.39, 0.29) is 12.0 Å². The van der Waals surface area contributed by atoms with Crippen LogP contribution in [0.15, 0.2) is 42.5 Å². The number of hydrogen-bond donors (Lipinski definition) is 5. The molecule has 25 heavy (non-hydrogen) atoms. The van der Waals surface area contributed by atoms with Gasteiger partial charge in [-0.05, 0) is 24.3 Å². The number of benzene rings is 2. The Morgan fingerprint density at radius 3 is 2.12 bits per heavy atom. The lowest BCUT2D eigenvalue weighted by molar-refractivity contribution is -0.127. The van der Waals surface area contributed by atoms with E-state index in [1.807, 2.05) is 30.3 Å². The zero-order valence-corrected chi connectivity index (χ0v) is 13.1. The molecule has 0 saturated carbocycles. The lowest BCUT2D eigenvalue weighted by Gasteiger charge is -2.16. The predicted molar refractivity (Wildman–Crippen MR) is 89.9 cm³/mol. The minimum absolute atomic E-state index is 0.0869. The summed E-state index contributed by atoms with van der Waals surface area (Å²) in [4.78, 5) is 18.5. The number of phenols is 1. The molecule has 3 atom stereocenters. The molecule has 0 radical (unpaired) electrons. The summed E-state index contributed by atoms with van der Waals surface area (Å²) in [5.41, 5.74) is 2.91. The van der Waals surface area contributed by atoms with Crippen molar-refractivity contribution in [1.29, 1.82) is 0 Å². The van der Waals surface area contributed by atoms with Crippen molar-refractivity contribution in [3.8, 4) is 5.75 Å². The number of hydrogen-bond acceptors (Lipinski definition) is 8. The number of aromatic nitrogens is 2. The van der Waals surface area contributed by atoms with Gasteiger partial charge in [0.05, 0.1) is 23.2 Å². The highest BCUT2D eigenvalue weighted by Gasteiger charge is 2.22. The fourth-order valence-corrected chi connectivity index (χ4v) is 2.04. The van der Waals surface area contributed by atoms with Crippen LogP contribution in [0.4, 0.5) is 0 Å². The average Bonchev–Trinajstić information content (AvgIpc) is 2.65. The van der Waals surface area contributed by atoms with Crippen LogP contribution in [0.25, 0.3) is 22.1 Å². The number of fused-ring (bicyclic) bond motifs is 2. The van der Waals surface area contributed by atoms with Crippen LogP contribution in [0.2, 0.25) is 0 Å². The summed E-state index contributed by atoms with van der Waals surface area (Å²) in [7, 11) is 0. The molecule has 8 heteroatoms. The van der Waals surface area contributed by atoms with Crippen molar-refractivity contribution in [3.05, 3.63) is 42.5 Å². The maximum Gasteiger partial charge on any atom is 0.151 e. The first-order valence-corrected chi connectivity index (χ1v) is 7.42. The first-order valence-electron chi connectivity index (χ1n) is 7.42. The quantitative estimate of drug-likeness (QED) is 0.321. The van der Waals surface area contributed by atoms with Gasteiger partial charge in [0, 0.05) is 0 Å². The van der Waals surface area contributed by atoms with Gasteiger partial charge in [0.15, 0.2) is 6.29 Å². The van der Waals surface area contributed by atoms with E-state index in [4.69, 9.17) is 20.4 Å². The largest absolute Gasteiger partial charge is 0.506 e. The molecule has 0 amide bonds. The van der Waals surface area contributed by atoms with Crippen molar-refractivity contribution in [1.82, 2.24) is 9.97 Å². The van der Waals surface area contributed by atoms with Crippen molar-refractivity contribution in [2.45, 2.75) is 18.3 Å². The molecule has 0 spiro atoms. The number of aldehydes is 1. The second-order valence-corrected chi connectivity index (χ2v) is 5.22. The van der Waals surface area contributed by atoms with Gasteiger partial charge in [-0.15, -0.1) is 0 Å². The normalized spacial score (nSPS) is 14.4. The number of aliphatic hydroxyl groups is 4. The van der Waals surface area contributed by atoms with Crippen LogP contribution in [-0.2, 0) is 4.79 Å². The molecule has 8 nitrogen and oxygen atoms in total. The minimum Gasteiger partial charge on any atom is -0.506 e. The van der Waals surface area contributed by atoms with Gasteiger partial charge in [-0.1, -0.05) is 18.2 Å². The molecule has 132 valence electrons. The molecule has 3 rings (SSSR count). The summed E-state index contributed by atoms with van der Waals surface area (Å²) < 4.78 is 0. The molecule has 0 aliphatic carbocycles. The maximum atomic E-state index is 9.76. The topological polar surface area (TPSA) is 144 Å². The van der Waals surface area contributed by atoms with Gasteiger partial charge in [-0.3, -0.25) is 0 Å². The highest BCUT2D eigenvalue weighted by atomic mass is 16.4. The van der Waals surface area contributed by atoms with Crippen molar-refractivity contribution in [2.75, 3.05) is 6.61 Å².